The molecule has 0 atom stereocenters. The second-order valence-corrected chi connectivity index (χ2v) is 14.3. The van der Waals surface area contributed by atoms with Gasteiger partial charge in [0, 0.05) is 28.0 Å². The van der Waals surface area contributed by atoms with E-state index in [0.717, 1.165) is 84.1 Å². The second kappa shape index (κ2) is 15.6. The number of phenolic OH excluding ortho intramolecular Hbond substituents is 1. The summed E-state index contributed by atoms with van der Waals surface area (Å²) < 4.78 is 0. The molecule has 0 amide bonds. The topological polar surface area (TPSA) is 35.8 Å². The Labute approximate surface area is 334 Å². The van der Waals surface area contributed by atoms with Crippen molar-refractivity contribution in [3.05, 3.63) is 210 Å². The van der Waals surface area contributed by atoms with Crippen LogP contribution in [0, 0.1) is 6.92 Å². The average Bonchev–Trinajstić information content (AvgIpc) is 3.35. The highest BCUT2D eigenvalue weighted by atomic mass is 35.5. The van der Waals surface area contributed by atoms with E-state index in [0.29, 0.717) is 16.2 Å². The van der Waals surface area contributed by atoms with Crippen LogP contribution >= 0.6 is 11.6 Å². The predicted octanol–water partition coefficient (Wildman–Crippen LogP) is 15.0. The Morgan fingerprint density at radius 3 is 2.05 bits per heavy atom. The average molecular weight is 745 g/mol. The van der Waals surface area contributed by atoms with Gasteiger partial charge in [0.2, 0.25) is 0 Å². The summed E-state index contributed by atoms with van der Waals surface area (Å²) in [6.07, 6.45) is 6.10. The first kappa shape index (κ1) is 36.3. The summed E-state index contributed by atoms with van der Waals surface area (Å²) in [5.74, 6) is 0.179. The first-order valence-electron chi connectivity index (χ1n) is 18.8. The largest absolute Gasteiger partial charge is 0.507 e. The monoisotopic (exact) mass is 744 g/mol. The molecule has 7 aromatic rings. The van der Waals surface area contributed by atoms with Crippen molar-refractivity contribution in [2.45, 2.75) is 20.8 Å². The molecule has 4 heteroatoms. The Kier molecular flexibility index (Phi) is 10.1. The maximum atomic E-state index is 11.0. The predicted molar refractivity (Wildman–Crippen MR) is 239 cm³/mol. The number of rotatable bonds is 8. The molecule has 1 aliphatic rings. The van der Waals surface area contributed by atoms with E-state index in [4.69, 9.17) is 16.6 Å². The summed E-state index contributed by atoms with van der Waals surface area (Å²) in [7, 11) is 0. The Bertz CT molecular complexity index is 2720. The molecule has 1 heterocycles. The number of hydrogen-bond donors (Lipinski definition) is 1. The number of benzene rings is 7. The SMILES string of the molecule is C=C(/C(=C\C=C/C)c1cccc2c1N(c1ccccc1Cl)c1ccc(-c3ccc(C(C)=Nc4ccccc4C)cc3)cc1-c1ccccc1-2)c1ccccc1O. The van der Waals surface area contributed by atoms with Gasteiger partial charge in [-0.15, -0.1) is 0 Å². The fourth-order valence-corrected chi connectivity index (χ4v) is 7.78. The molecule has 8 rings (SSSR count). The number of nitrogens with zero attached hydrogens (tertiary/aromatic N) is 2. The first-order chi connectivity index (χ1) is 27.3. The van der Waals surface area contributed by atoms with Gasteiger partial charge in [0.25, 0.3) is 0 Å². The number of para-hydroxylation sites is 4. The van der Waals surface area contributed by atoms with Gasteiger partial charge in [-0.1, -0.05) is 158 Å². The number of anilines is 3. The maximum absolute atomic E-state index is 11.0. The van der Waals surface area contributed by atoms with Gasteiger partial charge < -0.3 is 10.0 Å². The lowest BCUT2D eigenvalue weighted by Crippen LogP contribution is -2.14. The molecule has 1 N–H and O–H groups in total. The van der Waals surface area contributed by atoms with Crippen LogP contribution in [0.5, 0.6) is 5.75 Å². The molecule has 1 aliphatic heterocycles. The van der Waals surface area contributed by atoms with Crippen LogP contribution in [0.25, 0.3) is 44.5 Å². The van der Waals surface area contributed by atoms with E-state index in [9.17, 15) is 5.11 Å². The van der Waals surface area contributed by atoms with Crippen molar-refractivity contribution in [2.24, 2.45) is 4.99 Å². The van der Waals surface area contributed by atoms with E-state index in [1.165, 1.54) is 0 Å². The van der Waals surface area contributed by atoms with Crippen molar-refractivity contribution in [1.82, 2.24) is 0 Å². The second-order valence-electron chi connectivity index (χ2n) is 13.9. The van der Waals surface area contributed by atoms with Crippen LogP contribution in [0.15, 0.2) is 188 Å². The molecule has 0 aliphatic carbocycles. The molecule has 0 spiro atoms. The van der Waals surface area contributed by atoms with Crippen molar-refractivity contribution in [3.8, 4) is 39.1 Å². The normalized spacial score (nSPS) is 12.5. The van der Waals surface area contributed by atoms with Gasteiger partial charge >= 0.3 is 0 Å². The Morgan fingerprint density at radius 1 is 0.661 bits per heavy atom. The minimum atomic E-state index is 0.179. The molecule has 272 valence electrons. The lowest BCUT2D eigenvalue weighted by molar-refractivity contribution is 0.474. The maximum Gasteiger partial charge on any atom is 0.123 e. The van der Waals surface area contributed by atoms with Gasteiger partial charge in [0.15, 0.2) is 0 Å². The van der Waals surface area contributed by atoms with Crippen LogP contribution in [0.2, 0.25) is 5.02 Å². The van der Waals surface area contributed by atoms with Crippen LogP contribution in [0.1, 0.15) is 36.1 Å². The summed E-state index contributed by atoms with van der Waals surface area (Å²) in [6, 6.07) is 54.0. The fraction of sp³-hybridized carbons (Fsp3) is 0.0577. The van der Waals surface area contributed by atoms with E-state index in [1.807, 2.05) is 67.6 Å². The molecule has 0 saturated carbocycles. The van der Waals surface area contributed by atoms with Crippen molar-refractivity contribution in [1.29, 1.82) is 0 Å². The highest BCUT2D eigenvalue weighted by Gasteiger charge is 2.31. The zero-order valence-electron chi connectivity index (χ0n) is 31.7. The fourth-order valence-electron chi connectivity index (χ4n) is 7.56. The van der Waals surface area contributed by atoms with Crippen LogP contribution in [-0.2, 0) is 0 Å². The van der Waals surface area contributed by atoms with Gasteiger partial charge in [-0.3, -0.25) is 4.99 Å². The first-order valence-corrected chi connectivity index (χ1v) is 19.2. The standard InChI is InChI=1S/C52H41ClN2O/c1-5-6-17-40(35(3)41-18-10-14-26-51(41)56)44-21-15-22-45-42-19-8-9-20-43(42)46-33-39(31-32-49(46)55(52(44)45)50-25-13-11-23-47(50)53)38-29-27-37(28-30-38)36(4)54-48-24-12-7-16-34(48)2/h5-33,56H,3H2,1-2,4H3/b6-5-,40-17+,54-36?. The summed E-state index contributed by atoms with van der Waals surface area (Å²) in [6.45, 7) is 10.7. The lowest BCUT2D eigenvalue weighted by Gasteiger charge is -2.31. The van der Waals surface area contributed by atoms with Crippen molar-refractivity contribution >= 4 is 51.2 Å². The zero-order chi connectivity index (χ0) is 38.8. The molecule has 0 fully saturated rings. The smallest absolute Gasteiger partial charge is 0.123 e. The zero-order valence-corrected chi connectivity index (χ0v) is 32.4. The number of aliphatic imine (C=N–C) groups is 1. The molecule has 7 aromatic carbocycles. The number of fused-ring (bicyclic) bond motifs is 5. The molecule has 0 unspecified atom stereocenters. The van der Waals surface area contributed by atoms with E-state index >= 15 is 0 Å². The highest BCUT2D eigenvalue weighted by Crippen LogP contribution is 2.55. The molecule has 0 bridgehead atoms. The lowest BCUT2D eigenvalue weighted by atomic mass is 9.87. The van der Waals surface area contributed by atoms with Crippen molar-refractivity contribution < 1.29 is 5.11 Å². The summed E-state index contributed by atoms with van der Waals surface area (Å²) in [4.78, 5) is 7.23. The molecule has 3 nitrogen and oxygen atoms in total. The van der Waals surface area contributed by atoms with Crippen LogP contribution in [0.4, 0.5) is 22.7 Å². The van der Waals surface area contributed by atoms with Gasteiger partial charge in [0.1, 0.15) is 5.75 Å². The molecule has 56 heavy (non-hydrogen) atoms. The number of allylic oxidation sites excluding steroid dienone is 5. The minimum absolute atomic E-state index is 0.179. The van der Waals surface area contributed by atoms with Crippen molar-refractivity contribution in [2.75, 3.05) is 4.90 Å². The van der Waals surface area contributed by atoms with Crippen LogP contribution in [0.3, 0.4) is 0 Å². The van der Waals surface area contributed by atoms with E-state index in [2.05, 4.69) is 135 Å². The third-order valence-electron chi connectivity index (χ3n) is 10.4. The third-order valence-corrected chi connectivity index (χ3v) is 10.8. The Hall–Kier alpha value is -6.68. The van der Waals surface area contributed by atoms with Gasteiger partial charge in [0.05, 0.1) is 27.8 Å². The Morgan fingerprint density at radius 2 is 1.30 bits per heavy atom. The molecule has 0 radical (unpaired) electrons. The molecule has 0 aromatic heterocycles. The van der Waals surface area contributed by atoms with Gasteiger partial charge in [-0.2, -0.15) is 0 Å². The van der Waals surface area contributed by atoms with Gasteiger partial charge in [-0.25, -0.2) is 0 Å². The van der Waals surface area contributed by atoms with Gasteiger partial charge in [-0.05, 0) is 102 Å². The number of aryl methyl sites for hydroxylation is 1. The molecular weight excluding hydrogens is 704 g/mol. The molecular formula is C52H41ClN2O. The van der Waals surface area contributed by atoms with E-state index in [-0.39, 0.29) is 5.75 Å². The van der Waals surface area contributed by atoms with Crippen LogP contribution < -0.4 is 4.90 Å². The Balaban J connectivity index is 1.33. The number of hydrogen-bond acceptors (Lipinski definition) is 3. The highest BCUT2D eigenvalue weighted by molar-refractivity contribution is 6.34. The van der Waals surface area contributed by atoms with E-state index < -0.39 is 0 Å². The van der Waals surface area contributed by atoms with Crippen molar-refractivity contribution in [3.63, 3.8) is 0 Å². The van der Waals surface area contributed by atoms with Crippen LogP contribution in [-0.4, -0.2) is 10.8 Å². The molecule has 0 saturated heterocycles. The quantitative estimate of drug-likeness (QED) is 0.124. The summed E-state index contributed by atoms with van der Waals surface area (Å²) in [5.41, 5.74) is 16.8. The number of phenols is 1. The number of aromatic hydroxyl groups is 1. The number of halogens is 1. The summed E-state index contributed by atoms with van der Waals surface area (Å²) >= 11 is 7.15. The minimum Gasteiger partial charge on any atom is -0.507 e. The van der Waals surface area contributed by atoms with E-state index in [1.54, 1.807) is 6.07 Å². The third kappa shape index (κ3) is 6.79. The summed E-state index contributed by atoms with van der Waals surface area (Å²) in [5, 5.41) is 11.6.